The Labute approximate surface area is 59.2 Å². The molecule has 1 aliphatic carbocycles. The fraction of sp³-hybridized carbons (Fsp3) is 0.429. The summed E-state index contributed by atoms with van der Waals surface area (Å²) in [7, 11) is 0. The van der Waals surface area contributed by atoms with Crippen LogP contribution in [-0.4, -0.2) is 11.7 Å². The van der Waals surface area contributed by atoms with E-state index >= 15 is 0 Å². The van der Waals surface area contributed by atoms with Gasteiger partial charge in [-0.25, -0.2) is 0 Å². The molecule has 1 fully saturated rings. The number of rotatable bonds is 0. The first-order valence-electron chi connectivity index (χ1n) is 3.43. The molecule has 3 nitrogen and oxygen atoms in total. The van der Waals surface area contributed by atoms with E-state index in [1.165, 1.54) is 0 Å². The lowest BCUT2D eigenvalue weighted by atomic mass is 9.94. The third-order valence-electron chi connectivity index (χ3n) is 2.11. The highest BCUT2D eigenvalue weighted by Crippen LogP contribution is 2.28. The zero-order valence-electron chi connectivity index (χ0n) is 5.65. The second kappa shape index (κ2) is 1.68. The summed E-state index contributed by atoms with van der Waals surface area (Å²) in [6, 6.07) is 0. The van der Waals surface area contributed by atoms with Crippen molar-refractivity contribution in [2.75, 3.05) is 6.54 Å². The van der Waals surface area contributed by atoms with Gasteiger partial charge in [0.15, 0.2) is 0 Å². The van der Waals surface area contributed by atoms with Gasteiger partial charge >= 0.3 is 0 Å². The topological polar surface area (TPSA) is 58.3 Å². The largest absolute Gasteiger partial charge is 0.506 e. The molecule has 0 aromatic heterocycles. The van der Waals surface area contributed by atoms with E-state index in [0.29, 0.717) is 11.5 Å². The van der Waals surface area contributed by atoms with Gasteiger partial charge in [0, 0.05) is 12.2 Å². The van der Waals surface area contributed by atoms with Gasteiger partial charge in [0.1, 0.15) is 5.76 Å². The summed E-state index contributed by atoms with van der Waals surface area (Å²) < 4.78 is 0. The highest BCUT2D eigenvalue weighted by atomic mass is 16.3. The second-order valence-corrected chi connectivity index (χ2v) is 2.70. The Bertz CT molecular complexity index is 202. The van der Waals surface area contributed by atoms with Crippen LogP contribution >= 0.6 is 0 Å². The molecule has 3 rings (SSSR count). The Morgan fingerprint density at radius 3 is 2.50 bits per heavy atom. The highest BCUT2D eigenvalue weighted by Gasteiger charge is 2.23. The average Bonchev–Trinajstić information content (AvgIpc) is 2.00. The van der Waals surface area contributed by atoms with Gasteiger partial charge < -0.3 is 16.2 Å². The number of piperidine rings is 1. The van der Waals surface area contributed by atoms with Crippen molar-refractivity contribution in [2.45, 2.75) is 12.8 Å². The van der Waals surface area contributed by atoms with E-state index in [2.05, 4.69) is 5.32 Å². The molecular weight excluding hydrogens is 128 g/mol. The van der Waals surface area contributed by atoms with Gasteiger partial charge in [-0.1, -0.05) is 0 Å². The SMILES string of the molecule is NC1=C2CCC(=C1O)CN2. The predicted octanol–water partition coefficient (Wildman–Crippen LogP) is 0.366. The first-order valence-corrected chi connectivity index (χ1v) is 3.43. The Hall–Kier alpha value is -1.12. The molecule has 54 valence electrons. The number of aliphatic hydroxyl groups is 1. The lowest BCUT2D eigenvalue weighted by molar-refractivity contribution is 0.391. The summed E-state index contributed by atoms with van der Waals surface area (Å²) in [4.78, 5) is 0. The van der Waals surface area contributed by atoms with Crippen molar-refractivity contribution in [1.29, 1.82) is 0 Å². The van der Waals surface area contributed by atoms with Gasteiger partial charge in [-0.2, -0.15) is 0 Å². The molecule has 0 saturated carbocycles. The van der Waals surface area contributed by atoms with Crippen LogP contribution in [0.1, 0.15) is 12.8 Å². The smallest absolute Gasteiger partial charge is 0.141 e. The summed E-state index contributed by atoms with van der Waals surface area (Å²) in [5, 5.41) is 12.5. The lowest BCUT2D eigenvalue weighted by Gasteiger charge is -2.28. The van der Waals surface area contributed by atoms with Crippen LogP contribution in [0.4, 0.5) is 0 Å². The maximum atomic E-state index is 9.32. The van der Waals surface area contributed by atoms with Crippen molar-refractivity contribution in [3.8, 4) is 0 Å². The molecule has 4 N–H and O–H groups in total. The Balaban J connectivity index is 2.49. The Morgan fingerprint density at radius 1 is 1.40 bits per heavy atom. The van der Waals surface area contributed by atoms with E-state index < -0.39 is 0 Å². The van der Waals surface area contributed by atoms with E-state index in [0.717, 1.165) is 30.7 Å². The third-order valence-corrected chi connectivity index (χ3v) is 2.11. The molecule has 10 heavy (non-hydrogen) atoms. The lowest BCUT2D eigenvalue weighted by Crippen LogP contribution is -2.32. The van der Waals surface area contributed by atoms with Crippen molar-refractivity contribution in [1.82, 2.24) is 5.32 Å². The maximum Gasteiger partial charge on any atom is 0.141 e. The van der Waals surface area contributed by atoms with Crippen molar-refractivity contribution in [2.24, 2.45) is 5.73 Å². The molecule has 2 aliphatic heterocycles. The number of hydrogen-bond donors (Lipinski definition) is 3. The van der Waals surface area contributed by atoms with Crippen LogP contribution in [-0.2, 0) is 0 Å². The fourth-order valence-corrected chi connectivity index (χ4v) is 1.43. The number of nitrogens with two attached hydrogens (primary N) is 1. The monoisotopic (exact) mass is 138 g/mol. The molecular formula is C7H10N2O. The van der Waals surface area contributed by atoms with Crippen molar-refractivity contribution in [3.05, 3.63) is 22.7 Å². The van der Waals surface area contributed by atoms with E-state index in [9.17, 15) is 5.11 Å². The minimum atomic E-state index is 0.319. The fourth-order valence-electron chi connectivity index (χ4n) is 1.43. The number of nitrogens with one attached hydrogen (secondary N) is 1. The zero-order valence-corrected chi connectivity index (χ0v) is 5.65. The van der Waals surface area contributed by atoms with Crippen LogP contribution in [0.25, 0.3) is 0 Å². The van der Waals surface area contributed by atoms with Crippen LogP contribution in [0.2, 0.25) is 0 Å². The molecule has 0 atom stereocenters. The minimum Gasteiger partial charge on any atom is -0.506 e. The van der Waals surface area contributed by atoms with Gasteiger partial charge in [-0.3, -0.25) is 0 Å². The maximum absolute atomic E-state index is 9.32. The predicted molar refractivity (Wildman–Crippen MR) is 38.1 cm³/mol. The first kappa shape index (κ1) is 5.65. The van der Waals surface area contributed by atoms with Crippen molar-refractivity contribution >= 4 is 0 Å². The van der Waals surface area contributed by atoms with E-state index in [4.69, 9.17) is 5.73 Å². The van der Waals surface area contributed by atoms with Crippen molar-refractivity contribution in [3.63, 3.8) is 0 Å². The molecule has 0 amide bonds. The van der Waals surface area contributed by atoms with Crippen molar-refractivity contribution < 1.29 is 5.11 Å². The zero-order chi connectivity index (χ0) is 7.14. The van der Waals surface area contributed by atoms with Gasteiger partial charge in [0.25, 0.3) is 0 Å². The standard InChI is InChI=1S/C7H10N2O/c8-6-5-2-1-4(3-9-5)7(6)10/h9-10H,1-3,8H2. The van der Waals surface area contributed by atoms with Crippen LogP contribution in [0.5, 0.6) is 0 Å². The highest BCUT2D eigenvalue weighted by molar-refractivity contribution is 5.40. The third kappa shape index (κ3) is 0.546. The Kier molecular flexibility index (Phi) is 0.952. The molecule has 1 saturated heterocycles. The number of dihydropyridines is 1. The van der Waals surface area contributed by atoms with E-state index in [1.807, 2.05) is 0 Å². The van der Waals surface area contributed by atoms with Gasteiger partial charge in [-0.15, -0.1) is 0 Å². The first-order chi connectivity index (χ1) is 4.79. The summed E-state index contributed by atoms with van der Waals surface area (Å²) in [5.41, 5.74) is 8.18. The second-order valence-electron chi connectivity index (χ2n) is 2.70. The van der Waals surface area contributed by atoms with E-state index in [-0.39, 0.29) is 0 Å². The number of allylic oxidation sites excluding steroid dienone is 1. The van der Waals surface area contributed by atoms with Gasteiger partial charge in [0.2, 0.25) is 0 Å². The molecule has 0 aromatic rings. The molecule has 2 bridgehead atoms. The van der Waals surface area contributed by atoms with Gasteiger partial charge in [-0.05, 0) is 18.4 Å². The number of aliphatic hydroxyl groups excluding tert-OH is 1. The summed E-state index contributed by atoms with van der Waals surface area (Å²) in [5.74, 6) is 0.319. The van der Waals surface area contributed by atoms with Gasteiger partial charge in [0.05, 0.1) is 5.70 Å². The number of hydrogen-bond acceptors (Lipinski definition) is 3. The van der Waals surface area contributed by atoms with Crippen LogP contribution in [0.15, 0.2) is 22.7 Å². The molecule has 3 aliphatic rings. The normalized spacial score (nSPS) is 23.6. The summed E-state index contributed by atoms with van der Waals surface area (Å²) in [6.07, 6.45) is 1.93. The quantitative estimate of drug-likeness (QED) is 0.453. The molecule has 3 heteroatoms. The molecule has 0 radical (unpaired) electrons. The Morgan fingerprint density at radius 2 is 2.20 bits per heavy atom. The molecule has 0 unspecified atom stereocenters. The molecule has 2 heterocycles. The van der Waals surface area contributed by atoms with Crippen LogP contribution in [0.3, 0.4) is 0 Å². The molecule has 0 spiro atoms. The van der Waals surface area contributed by atoms with E-state index in [1.54, 1.807) is 0 Å². The summed E-state index contributed by atoms with van der Waals surface area (Å²) >= 11 is 0. The summed E-state index contributed by atoms with van der Waals surface area (Å²) in [6.45, 7) is 0.780. The van der Waals surface area contributed by atoms with Crippen LogP contribution < -0.4 is 11.1 Å². The number of fused-ring (bicyclic) bond motifs is 3. The minimum absolute atomic E-state index is 0.319. The van der Waals surface area contributed by atoms with Crippen LogP contribution in [0, 0.1) is 0 Å². The molecule has 0 aromatic carbocycles. The average molecular weight is 138 g/mol.